The van der Waals surface area contributed by atoms with Gasteiger partial charge in [0, 0.05) is 119 Å². The number of thioether (sulfide) groups is 1. The Labute approximate surface area is 562 Å². The Morgan fingerprint density at radius 1 is 0.750 bits per heavy atom. The van der Waals surface area contributed by atoms with Crippen molar-refractivity contribution in [2.45, 2.75) is 91.6 Å². The van der Waals surface area contributed by atoms with Gasteiger partial charge in [0.25, 0.3) is 37.6 Å². The van der Waals surface area contributed by atoms with Crippen molar-refractivity contribution in [1.29, 1.82) is 0 Å². The maximum Gasteiger partial charge on any atom is 0.501 e. The van der Waals surface area contributed by atoms with Crippen LogP contribution in [0.3, 0.4) is 0 Å². The van der Waals surface area contributed by atoms with Crippen molar-refractivity contribution in [3.63, 3.8) is 0 Å². The smallest absolute Gasteiger partial charge is 0.382 e. The van der Waals surface area contributed by atoms with Crippen LogP contribution in [0.4, 0.5) is 35.0 Å². The van der Waals surface area contributed by atoms with Crippen LogP contribution in [-0.2, 0) is 38.9 Å². The van der Waals surface area contributed by atoms with Crippen LogP contribution in [-0.4, -0.2) is 200 Å². The van der Waals surface area contributed by atoms with Gasteiger partial charge in [0.1, 0.15) is 10.9 Å². The van der Waals surface area contributed by atoms with Crippen molar-refractivity contribution in [2.24, 2.45) is 5.41 Å². The van der Waals surface area contributed by atoms with Crippen molar-refractivity contribution in [3.8, 4) is 0 Å². The van der Waals surface area contributed by atoms with E-state index < -0.39 is 82.5 Å². The van der Waals surface area contributed by atoms with Crippen molar-refractivity contribution in [1.82, 2.24) is 35.0 Å². The maximum absolute atomic E-state index is 14.5. The van der Waals surface area contributed by atoms with E-state index in [9.17, 15) is 58.8 Å². The second kappa shape index (κ2) is 31.1. The minimum Gasteiger partial charge on any atom is -0.382 e. The van der Waals surface area contributed by atoms with Gasteiger partial charge in [-0.15, -0.1) is 11.8 Å². The lowest BCUT2D eigenvalue weighted by molar-refractivity contribution is -0.136. The zero-order valence-corrected chi connectivity index (χ0v) is 56.3. The van der Waals surface area contributed by atoms with E-state index in [0.29, 0.717) is 50.9 Å². The highest BCUT2D eigenvalue weighted by Gasteiger charge is 2.49. The molecule has 0 aromatic heterocycles. The largest absolute Gasteiger partial charge is 0.501 e. The van der Waals surface area contributed by atoms with E-state index in [0.717, 1.165) is 79.6 Å². The third-order valence-electron chi connectivity index (χ3n) is 17.9. The molecule has 5 aliphatic rings. The Morgan fingerprint density at radius 2 is 1.44 bits per heavy atom. The normalized spacial score (nSPS) is 18.5. The number of anilines is 3. The molecule has 2 atom stereocenters. The number of sulfonamides is 1. The summed E-state index contributed by atoms with van der Waals surface area (Å²) < 4.78 is 111. The minimum atomic E-state index is -6.17. The molecule has 1 unspecified atom stereocenters. The first-order chi connectivity index (χ1) is 45.8. The number of piperidine rings is 1. The van der Waals surface area contributed by atoms with Gasteiger partial charge in [-0.05, 0) is 122 Å². The van der Waals surface area contributed by atoms with Crippen LogP contribution in [0, 0.1) is 12.3 Å². The molecular weight excluding hydrogens is 1300 g/mol. The summed E-state index contributed by atoms with van der Waals surface area (Å²) in [5.41, 5.74) is 0.820. The fourth-order valence-electron chi connectivity index (χ4n) is 12.5. The fourth-order valence-corrected chi connectivity index (χ4v) is 15.5. The molecule has 0 saturated carbocycles. The second-order valence-corrected chi connectivity index (χ2v) is 30.0. The molecule has 1 aliphatic carbocycles. The fraction of sp³-hybridized carbons (Fsp3) is 0.441. The number of allylic oxidation sites excluding steroid dienone is 1. The number of benzene rings is 5. The highest BCUT2D eigenvalue weighted by atomic mass is 32.2. The molecule has 7 amide bonds. The molecule has 5 N–H and O–H groups in total. The molecule has 5 aromatic carbocycles. The number of nitrogens with one attached hydrogen (secondary N) is 5. The Bertz CT molecular complexity index is 3920. The second-order valence-electron chi connectivity index (χ2n) is 25.3. The monoisotopic (exact) mass is 1380 g/mol. The zero-order valence-electron chi connectivity index (χ0n) is 53.9. The highest BCUT2D eigenvalue weighted by molar-refractivity contribution is 7.99. The van der Waals surface area contributed by atoms with E-state index in [-0.39, 0.29) is 86.2 Å². The summed E-state index contributed by atoms with van der Waals surface area (Å²) >= 11 is 1.39. The van der Waals surface area contributed by atoms with Crippen molar-refractivity contribution in [3.05, 3.63) is 149 Å². The average Bonchev–Trinajstić information content (AvgIpc) is 1.73. The third-order valence-corrected chi connectivity index (χ3v) is 21.9. The van der Waals surface area contributed by atoms with Crippen molar-refractivity contribution < 1.29 is 68.2 Å². The molecule has 0 spiro atoms. The number of nitrogens with zero attached hydrogens (tertiary/aromatic N) is 5. The number of aryl methyl sites for hydroxylation is 1. The number of imide groups is 2. The first-order valence-corrected chi connectivity index (χ1v) is 36.1. The molecule has 0 radical (unpaired) electrons. The van der Waals surface area contributed by atoms with Gasteiger partial charge in [-0.3, -0.25) is 44.0 Å². The van der Waals surface area contributed by atoms with E-state index in [4.69, 9.17) is 9.47 Å². The molecule has 0 bridgehead atoms. The highest BCUT2D eigenvalue weighted by Crippen LogP contribution is 2.43. The third kappa shape index (κ3) is 17.6. The molecule has 22 nitrogen and oxygen atoms in total. The lowest BCUT2D eigenvalue weighted by Crippen LogP contribution is -2.54. The van der Waals surface area contributed by atoms with Gasteiger partial charge in [-0.25, -0.2) is 26.4 Å². The predicted molar refractivity (Wildman–Crippen MR) is 359 cm³/mol. The van der Waals surface area contributed by atoms with Gasteiger partial charge in [0.05, 0.1) is 48.1 Å². The topological polar surface area (TPSA) is 266 Å². The Kier molecular flexibility index (Phi) is 23.0. The molecule has 4 aliphatic heterocycles. The first-order valence-electron chi connectivity index (χ1n) is 32.2. The van der Waals surface area contributed by atoms with Crippen LogP contribution < -0.4 is 30.9 Å². The van der Waals surface area contributed by atoms with E-state index >= 15 is 0 Å². The molecule has 3 saturated heterocycles. The minimum absolute atomic E-state index is 0.0126. The van der Waals surface area contributed by atoms with Crippen molar-refractivity contribution >= 4 is 89.8 Å². The summed E-state index contributed by atoms with van der Waals surface area (Å²) in [5, 5.41) is 11.1. The van der Waals surface area contributed by atoms with Crippen molar-refractivity contribution in [2.75, 3.05) is 126 Å². The lowest BCUT2D eigenvalue weighted by atomic mass is 9.72. The number of halogens is 3. The quantitative estimate of drug-likeness (QED) is 0.0189. The molecule has 4 heterocycles. The van der Waals surface area contributed by atoms with E-state index in [1.54, 1.807) is 29.2 Å². The summed E-state index contributed by atoms with van der Waals surface area (Å²) in [6.07, 6.45) is 3.55. The molecule has 10 rings (SSSR count). The SMILES string of the molecule is Cc1ccc(C2=C(CN3CCN(c4ccc(C(=O)NS(=O)(=O)c5ccc(N[C@H](CCN6CCN(C(=O)NCCOCCOCCNc7cccc8c7C(=O)N(C7CCC(=O)NC7=O)C8=O)CC6)CSc6ccccc6)c(S(=O)(=O)C(F)(F)F)c5)cc4)CC3)CC(C)(C)CC2)cc1. The average molecular weight is 1380 g/mol. The predicted octanol–water partition coefficient (Wildman–Crippen LogP) is 8.03. The zero-order chi connectivity index (χ0) is 68.4. The molecule has 5 aromatic rings. The van der Waals surface area contributed by atoms with Gasteiger partial charge in [0.2, 0.25) is 11.8 Å². The van der Waals surface area contributed by atoms with Gasteiger partial charge in [-0.2, -0.15) is 13.2 Å². The number of hydrogen-bond donors (Lipinski definition) is 5. The maximum atomic E-state index is 14.5. The molecule has 3 fully saturated rings. The number of sulfone groups is 1. The number of piperazine rings is 2. The number of rotatable bonds is 27. The summed E-state index contributed by atoms with van der Waals surface area (Å²) in [6, 6.07) is 29.4. The number of amides is 7. The van der Waals surface area contributed by atoms with E-state index in [1.807, 2.05) is 35.1 Å². The summed E-state index contributed by atoms with van der Waals surface area (Å²) in [4.78, 5) is 85.2. The Balaban J connectivity index is 0.675. The number of alkyl halides is 3. The summed E-state index contributed by atoms with van der Waals surface area (Å²) in [6.45, 7) is 14.1. The number of ether oxygens (including phenoxy) is 2. The van der Waals surface area contributed by atoms with Crippen LogP contribution in [0.2, 0.25) is 0 Å². The van der Waals surface area contributed by atoms with Crippen LogP contribution in [0.15, 0.2) is 136 Å². The lowest BCUT2D eigenvalue weighted by Gasteiger charge is -2.39. The number of hydrogen-bond acceptors (Lipinski definition) is 18. The van der Waals surface area contributed by atoms with Gasteiger partial charge in [-0.1, -0.05) is 73.5 Å². The standard InChI is InChI=1S/C68H81F3N10O12S3/c1-46-12-14-47(15-13-46)54-24-26-67(2,3)43-49(54)44-78-32-34-79(35-33-78)51-18-16-48(17-19-51)62(83)76-96(90,91)53-20-21-56(59(42-53)95(88,89)68(69,70)71)74-50(45-94-52-8-5-4-6-9-52)25-29-77-30-36-80(37-31-77)66(87)73-28-39-93-41-40-92-38-27-72-57-11-7-10-55-61(57)65(86)81(64(55)85)58-22-23-60(82)75-63(58)84/h4-21,42,50,58,72,74H,22-41,43-45H2,1-3H3,(H,73,87)(H,76,83)(H,75,82,84)/t50-,58?/m1/s1. The summed E-state index contributed by atoms with van der Waals surface area (Å²) in [5.74, 6) is -3.18. The molecule has 96 heavy (non-hydrogen) atoms. The number of fused-ring (bicyclic) bond motifs is 1. The van der Waals surface area contributed by atoms with E-state index in [1.165, 1.54) is 52.2 Å². The van der Waals surface area contributed by atoms with Gasteiger partial charge in [0.15, 0.2) is 0 Å². The molecule has 28 heteroatoms. The number of carbonyl (C=O) groups is 6. The van der Waals surface area contributed by atoms with Gasteiger partial charge >= 0.3 is 11.5 Å². The number of carbonyl (C=O) groups excluding carboxylic acids is 6. The Hall–Kier alpha value is -7.86. The number of urea groups is 1. The first kappa shape index (κ1) is 70.9. The Morgan fingerprint density at radius 3 is 2.12 bits per heavy atom. The van der Waals surface area contributed by atoms with Crippen LogP contribution in [0.1, 0.15) is 94.6 Å². The molecular formula is C68H81F3N10O12S3. The van der Waals surface area contributed by atoms with Crippen LogP contribution in [0.5, 0.6) is 0 Å². The van der Waals surface area contributed by atoms with Gasteiger partial charge < -0.3 is 35.2 Å². The van der Waals surface area contributed by atoms with Crippen LogP contribution >= 0.6 is 11.8 Å². The van der Waals surface area contributed by atoms with Crippen LogP contribution in [0.25, 0.3) is 5.57 Å². The van der Waals surface area contributed by atoms with E-state index in [2.05, 4.69) is 81.0 Å². The molecule has 514 valence electrons. The summed E-state index contributed by atoms with van der Waals surface area (Å²) in [7, 11) is -11.1.